The summed E-state index contributed by atoms with van der Waals surface area (Å²) in [6.07, 6.45) is 4.68. The molecule has 0 atom stereocenters. The molecule has 1 aliphatic rings. The lowest BCUT2D eigenvalue weighted by Gasteiger charge is -2.11. The van der Waals surface area contributed by atoms with Crippen molar-refractivity contribution in [1.29, 1.82) is 0 Å². The minimum absolute atomic E-state index is 0.0948. The number of tetrazole rings is 1. The lowest BCUT2D eigenvalue weighted by atomic mass is 10.2. The third-order valence-corrected chi connectivity index (χ3v) is 5.28. The number of nitrogens with one attached hydrogen (secondary N) is 2. The Hall–Kier alpha value is -2.42. The van der Waals surface area contributed by atoms with E-state index >= 15 is 0 Å². The van der Waals surface area contributed by atoms with E-state index in [1.807, 2.05) is 4.68 Å². The van der Waals surface area contributed by atoms with Crippen LogP contribution in [0.5, 0.6) is 0 Å². The molecule has 9 heteroatoms. The van der Waals surface area contributed by atoms with Gasteiger partial charge in [-0.25, -0.2) is 4.68 Å². The normalized spacial score (nSPS) is 14.3. The van der Waals surface area contributed by atoms with Crippen molar-refractivity contribution in [2.45, 2.75) is 37.5 Å². The van der Waals surface area contributed by atoms with Crippen LogP contribution in [0.25, 0.3) is 0 Å². The van der Waals surface area contributed by atoms with Crippen LogP contribution < -0.4 is 10.6 Å². The largest absolute Gasteiger partial charge is 0.355 e. The average molecular weight is 374 g/mol. The maximum Gasteiger partial charge on any atom is 0.251 e. The average Bonchev–Trinajstić information content (AvgIpc) is 3.33. The van der Waals surface area contributed by atoms with Crippen molar-refractivity contribution in [3.8, 4) is 0 Å². The highest BCUT2D eigenvalue weighted by Crippen LogP contribution is 2.29. The van der Waals surface area contributed by atoms with E-state index in [4.69, 9.17) is 0 Å². The summed E-state index contributed by atoms with van der Waals surface area (Å²) in [7, 11) is 1.58. The first-order valence-electron chi connectivity index (χ1n) is 8.64. The summed E-state index contributed by atoms with van der Waals surface area (Å²) in [5.74, 6) is 1.49. The summed E-state index contributed by atoms with van der Waals surface area (Å²) in [4.78, 5) is 23.6. The molecular formula is C17H22N6O2S. The number of nitrogens with zero attached hydrogens (tertiary/aromatic N) is 4. The Morgan fingerprint density at radius 1 is 1.23 bits per heavy atom. The van der Waals surface area contributed by atoms with Gasteiger partial charge in [-0.1, -0.05) is 12.8 Å². The van der Waals surface area contributed by atoms with Crippen LogP contribution in [-0.2, 0) is 10.5 Å². The molecule has 0 spiro atoms. The molecule has 2 N–H and O–H groups in total. The molecule has 0 radical (unpaired) electrons. The first kappa shape index (κ1) is 18.4. The molecule has 0 bridgehead atoms. The van der Waals surface area contributed by atoms with E-state index in [1.165, 1.54) is 24.6 Å². The van der Waals surface area contributed by atoms with Crippen LogP contribution in [0.2, 0.25) is 0 Å². The predicted octanol–water partition coefficient (Wildman–Crippen LogP) is 2.02. The van der Waals surface area contributed by atoms with E-state index in [2.05, 4.69) is 26.2 Å². The maximum absolute atomic E-state index is 12.1. The first-order chi connectivity index (χ1) is 12.7. The standard InChI is InChI=1S/C17H22N6O2S/c1-18-17(25)12-6-8-13(9-7-12)19-16(24)11-26-10-15-20-21-22-23(15)14-4-2-3-5-14/h6-9,14H,2-5,10-11H2,1H3,(H,18,25)(H,19,24). The number of rotatable bonds is 7. The fraction of sp³-hybridized carbons (Fsp3) is 0.471. The second-order valence-electron chi connectivity index (χ2n) is 6.18. The molecular weight excluding hydrogens is 352 g/mol. The fourth-order valence-electron chi connectivity index (χ4n) is 3.02. The quantitative estimate of drug-likeness (QED) is 0.769. The predicted molar refractivity (Wildman–Crippen MR) is 99.9 cm³/mol. The number of hydrogen-bond acceptors (Lipinski definition) is 6. The second kappa shape index (κ2) is 8.79. The number of amides is 2. The lowest BCUT2D eigenvalue weighted by Crippen LogP contribution is -2.18. The van der Waals surface area contributed by atoms with Gasteiger partial charge >= 0.3 is 0 Å². The smallest absolute Gasteiger partial charge is 0.251 e. The molecule has 0 saturated heterocycles. The maximum atomic E-state index is 12.1. The number of anilines is 1. The highest BCUT2D eigenvalue weighted by Gasteiger charge is 2.21. The lowest BCUT2D eigenvalue weighted by molar-refractivity contribution is -0.113. The third-order valence-electron chi connectivity index (χ3n) is 4.35. The van der Waals surface area contributed by atoms with Crippen LogP contribution >= 0.6 is 11.8 Å². The Morgan fingerprint density at radius 3 is 2.65 bits per heavy atom. The van der Waals surface area contributed by atoms with Gasteiger partial charge in [0.05, 0.1) is 17.5 Å². The monoisotopic (exact) mass is 374 g/mol. The van der Waals surface area contributed by atoms with Crippen molar-refractivity contribution < 1.29 is 9.59 Å². The highest BCUT2D eigenvalue weighted by molar-refractivity contribution is 7.99. The molecule has 2 aromatic rings. The van der Waals surface area contributed by atoms with Crippen molar-refractivity contribution in [2.24, 2.45) is 0 Å². The van der Waals surface area contributed by atoms with Gasteiger partial charge in [0.1, 0.15) is 0 Å². The zero-order valence-corrected chi connectivity index (χ0v) is 15.5. The minimum atomic E-state index is -0.154. The van der Waals surface area contributed by atoms with E-state index in [-0.39, 0.29) is 11.8 Å². The van der Waals surface area contributed by atoms with Gasteiger partial charge in [0.25, 0.3) is 5.91 Å². The molecule has 0 unspecified atom stereocenters. The molecule has 26 heavy (non-hydrogen) atoms. The fourth-order valence-corrected chi connectivity index (χ4v) is 3.75. The van der Waals surface area contributed by atoms with Crippen LogP contribution in [0.3, 0.4) is 0 Å². The number of carbonyl (C=O) groups is 2. The Morgan fingerprint density at radius 2 is 1.96 bits per heavy atom. The van der Waals surface area contributed by atoms with Gasteiger partial charge in [0.2, 0.25) is 5.91 Å². The minimum Gasteiger partial charge on any atom is -0.355 e. The molecule has 8 nitrogen and oxygen atoms in total. The molecule has 1 saturated carbocycles. The number of carbonyl (C=O) groups excluding carboxylic acids is 2. The summed E-state index contributed by atoms with van der Waals surface area (Å²) in [5.41, 5.74) is 1.22. The van der Waals surface area contributed by atoms with Gasteiger partial charge in [0, 0.05) is 18.3 Å². The Kier molecular flexibility index (Phi) is 6.21. The molecule has 1 aromatic heterocycles. The molecule has 1 aliphatic carbocycles. The Labute approximate surface area is 156 Å². The van der Waals surface area contributed by atoms with Crippen molar-refractivity contribution in [3.05, 3.63) is 35.7 Å². The first-order valence-corrected chi connectivity index (χ1v) is 9.79. The molecule has 3 rings (SSSR count). The molecule has 1 fully saturated rings. The number of aromatic nitrogens is 4. The zero-order valence-electron chi connectivity index (χ0n) is 14.6. The Balaban J connectivity index is 1.46. The number of thioether (sulfide) groups is 1. The topological polar surface area (TPSA) is 102 Å². The molecule has 1 heterocycles. The van der Waals surface area contributed by atoms with Gasteiger partial charge in [-0.05, 0) is 47.5 Å². The molecule has 138 valence electrons. The second-order valence-corrected chi connectivity index (χ2v) is 7.16. The van der Waals surface area contributed by atoms with E-state index in [0.29, 0.717) is 28.8 Å². The van der Waals surface area contributed by atoms with Crippen molar-refractivity contribution in [3.63, 3.8) is 0 Å². The van der Waals surface area contributed by atoms with Gasteiger partial charge in [0.15, 0.2) is 5.82 Å². The summed E-state index contributed by atoms with van der Waals surface area (Å²) in [5, 5.41) is 17.4. The van der Waals surface area contributed by atoms with Crippen LogP contribution in [0.15, 0.2) is 24.3 Å². The molecule has 1 aromatic carbocycles. The molecule has 2 amide bonds. The van der Waals surface area contributed by atoms with Crippen molar-refractivity contribution in [2.75, 3.05) is 18.1 Å². The van der Waals surface area contributed by atoms with Crippen molar-refractivity contribution in [1.82, 2.24) is 25.5 Å². The van der Waals surface area contributed by atoms with Crippen LogP contribution in [0.4, 0.5) is 5.69 Å². The summed E-state index contributed by atoms with van der Waals surface area (Å²) >= 11 is 1.48. The van der Waals surface area contributed by atoms with E-state index < -0.39 is 0 Å². The van der Waals surface area contributed by atoms with Gasteiger partial charge in [-0.15, -0.1) is 16.9 Å². The van der Waals surface area contributed by atoms with E-state index in [9.17, 15) is 9.59 Å². The van der Waals surface area contributed by atoms with Crippen LogP contribution in [-0.4, -0.2) is 44.8 Å². The molecule has 0 aliphatic heterocycles. The van der Waals surface area contributed by atoms with Crippen LogP contribution in [0.1, 0.15) is 47.9 Å². The number of benzene rings is 1. The van der Waals surface area contributed by atoms with Crippen molar-refractivity contribution >= 4 is 29.3 Å². The Bertz CT molecular complexity index is 755. The van der Waals surface area contributed by atoms with Crippen LogP contribution in [0, 0.1) is 0 Å². The van der Waals surface area contributed by atoms with E-state index in [0.717, 1.165) is 18.7 Å². The highest BCUT2D eigenvalue weighted by atomic mass is 32.2. The summed E-state index contributed by atoms with van der Waals surface area (Å²) in [6, 6.07) is 7.18. The van der Waals surface area contributed by atoms with E-state index in [1.54, 1.807) is 31.3 Å². The van der Waals surface area contributed by atoms with Gasteiger partial charge in [-0.2, -0.15) is 0 Å². The third kappa shape index (κ3) is 4.60. The van der Waals surface area contributed by atoms with Gasteiger partial charge < -0.3 is 10.6 Å². The number of hydrogen-bond donors (Lipinski definition) is 2. The van der Waals surface area contributed by atoms with Gasteiger partial charge in [-0.3, -0.25) is 9.59 Å². The zero-order chi connectivity index (χ0) is 18.4. The summed E-state index contributed by atoms with van der Waals surface area (Å²) in [6.45, 7) is 0. The summed E-state index contributed by atoms with van der Waals surface area (Å²) < 4.78 is 1.91. The SMILES string of the molecule is CNC(=O)c1ccc(NC(=O)CSCc2nnnn2C2CCCC2)cc1.